The van der Waals surface area contributed by atoms with Gasteiger partial charge in [0.15, 0.2) is 0 Å². The lowest BCUT2D eigenvalue weighted by atomic mass is 10.2. The molecule has 0 spiro atoms. The molecule has 0 radical (unpaired) electrons. The molecular weight excluding hydrogens is 333 g/mol. The van der Waals surface area contributed by atoms with Gasteiger partial charge in [0, 0.05) is 5.69 Å². The van der Waals surface area contributed by atoms with E-state index >= 15 is 0 Å². The summed E-state index contributed by atoms with van der Waals surface area (Å²) in [6.45, 7) is 0. The van der Waals surface area contributed by atoms with E-state index < -0.39 is 10.0 Å². The topological polar surface area (TPSA) is 96.0 Å². The van der Waals surface area contributed by atoms with E-state index in [2.05, 4.69) is 4.72 Å². The van der Waals surface area contributed by atoms with Crippen LogP contribution in [0.1, 0.15) is 5.56 Å². The summed E-state index contributed by atoms with van der Waals surface area (Å²) in [5.74, 6) is 0. The molecule has 21 heavy (non-hydrogen) atoms. The molecule has 0 aliphatic carbocycles. The van der Waals surface area contributed by atoms with Gasteiger partial charge < -0.3 is 5.73 Å². The van der Waals surface area contributed by atoms with Crippen molar-refractivity contribution in [2.45, 2.75) is 4.90 Å². The average molecular weight is 342 g/mol. The Morgan fingerprint density at radius 1 is 1.10 bits per heavy atom. The molecule has 0 unspecified atom stereocenters. The standard InChI is InChI=1S/C13H9Cl2N3O2S/c14-10-5-6-11(12(15)13(10)17)21(19,20)18-9-3-1-8(7-16)2-4-9/h1-6,18H,17H2. The number of nitrogens with two attached hydrogens (primary N) is 1. The monoisotopic (exact) mass is 341 g/mol. The fraction of sp³-hybridized carbons (Fsp3) is 0. The summed E-state index contributed by atoms with van der Waals surface area (Å²) in [7, 11) is -3.91. The first-order valence-electron chi connectivity index (χ1n) is 5.61. The van der Waals surface area contributed by atoms with E-state index in [1.54, 1.807) is 0 Å². The molecule has 0 saturated heterocycles. The molecule has 0 aromatic heterocycles. The van der Waals surface area contributed by atoms with Crippen molar-refractivity contribution in [2.75, 3.05) is 10.5 Å². The van der Waals surface area contributed by atoms with Crippen LogP contribution >= 0.6 is 23.2 Å². The van der Waals surface area contributed by atoms with Crippen LogP contribution in [-0.2, 0) is 10.0 Å². The quantitative estimate of drug-likeness (QED) is 0.837. The van der Waals surface area contributed by atoms with E-state index in [-0.39, 0.29) is 20.6 Å². The number of nitrogen functional groups attached to an aromatic ring is 1. The van der Waals surface area contributed by atoms with Crippen molar-refractivity contribution in [3.05, 3.63) is 52.0 Å². The summed E-state index contributed by atoms with van der Waals surface area (Å²) in [6, 6.07) is 10.5. The molecule has 2 aromatic rings. The number of nitrogens with one attached hydrogen (secondary N) is 1. The lowest BCUT2D eigenvalue weighted by Crippen LogP contribution is -2.14. The van der Waals surface area contributed by atoms with Crippen molar-refractivity contribution in [1.82, 2.24) is 0 Å². The van der Waals surface area contributed by atoms with Gasteiger partial charge in [0.05, 0.1) is 27.4 Å². The zero-order valence-corrected chi connectivity index (χ0v) is 12.8. The summed E-state index contributed by atoms with van der Waals surface area (Å²) in [6.07, 6.45) is 0. The maximum atomic E-state index is 12.3. The molecule has 5 nitrogen and oxygen atoms in total. The van der Waals surface area contributed by atoms with E-state index in [0.717, 1.165) is 0 Å². The zero-order chi connectivity index (χ0) is 15.6. The summed E-state index contributed by atoms with van der Waals surface area (Å²) in [5, 5.41) is 8.74. The second-order valence-corrected chi connectivity index (χ2v) is 6.50. The smallest absolute Gasteiger partial charge is 0.263 e. The molecule has 0 aliphatic rings. The third-order valence-corrected chi connectivity index (χ3v) is 4.92. The third kappa shape index (κ3) is 3.22. The minimum Gasteiger partial charge on any atom is -0.396 e. The maximum absolute atomic E-state index is 12.3. The Kier molecular flexibility index (Phi) is 4.28. The molecule has 2 rings (SSSR count). The van der Waals surface area contributed by atoms with Gasteiger partial charge in [0.25, 0.3) is 10.0 Å². The van der Waals surface area contributed by atoms with Crippen LogP contribution in [0.4, 0.5) is 11.4 Å². The number of nitrogens with zero attached hydrogens (tertiary/aromatic N) is 1. The largest absolute Gasteiger partial charge is 0.396 e. The lowest BCUT2D eigenvalue weighted by molar-refractivity contribution is 0.601. The summed E-state index contributed by atoms with van der Waals surface area (Å²) in [4.78, 5) is -0.171. The van der Waals surface area contributed by atoms with Crippen LogP contribution < -0.4 is 10.5 Å². The van der Waals surface area contributed by atoms with Crippen LogP contribution in [0.25, 0.3) is 0 Å². The summed E-state index contributed by atoms with van der Waals surface area (Å²) < 4.78 is 26.9. The molecule has 3 N–H and O–H groups in total. The van der Waals surface area contributed by atoms with Gasteiger partial charge in [-0.15, -0.1) is 0 Å². The predicted molar refractivity (Wildman–Crippen MR) is 82.8 cm³/mol. The number of benzene rings is 2. The second-order valence-electron chi connectivity index (χ2n) is 4.07. The van der Waals surface area contributed by atoms with E-state index in [1.165, 1.54) is 36.4 Å². The van der Waals surface area contributed by atoms with Gasteiger partial charge in [0.2, 0.25) is 0 Å². The SMILES string of the molecule is N#Cc1ccc(NS(=O)(=O)c2ccc(Cl)c(N)c2Cl)cc1. The highest BCUT2D eigenvalue weighted by molar-refractivity contribution is 7.92. The van der Waals surface area contributed by atoms with Gasteiger partial charge in [-0.25, -0.2) is 8.42 Å². The van der Waals surface area contributed by atoms with Crippen LogP contribution in [0.3, 0.4) is 0 Å². The highest BCUT2D eigenvalue weighted by Crippen LogP contribution is 2.33. The van der Waals surface area contributed by atoms with Gasteiger partial charge in [-0.2, -0.15) is 5.26 Å². The lowest BCUT2D eigenvalue weighted by Gasteiger charge is -2.11. The Hall–Kier alpha value is -1.94. The molecule has 0 fully saturated rings. The van der Waals surface area contributed by atoms with Crippen LogP contribution in [0, 0.1) is 11.3 Å². The first kappa shape index (κ1) is 15.4. The van der Waals surface area contributed by atoms with Gasteiger partial charge in [-0.05, 0) is 36.4 Å². The van der Waals surface area contributed by atoms with Crippen molar-refractivity contribution < 1.29 is 8.42 Å². The normalized spacial score (nSPS) is 10.9. The first-order chi connectivity index (χ1) is 9.85. The Morgan fingerprint density at radius 3 is 2.29 bits per heavy atom. The van der Waals surface area contributed by atoms with Crippen LogP contribution in [0.2, 0.25) is 10.0 Å². The van der Waals surface area contributed by atoms with Gasteiger partial charge in [-0.3, -0.25) is 4.72 Å². The zero-order valence-electron chi connectivity index (χ0n) is 10.5. The molecule has 0 aliphatic heterocycles. The summed E-state index contributed by atoms with van der Waals surface area (Å²) >= 11 is 11.7. The highest BCUT2D eigenvalue weighted by atomic mass is 35.5. The van der Waals surface area contributed by atoms with Crippen LogP contribution in [0.15, 0.2) is 41.3 Å². The number of hydrogen-bond donors (Lipinski definition) is 2. The van der Waals surface area contributed by atoms with E-state index in [9.17, 15) is 8.42 Å². The first-order valence-corrected chi connectivity index (χ1v) is 7.85. The number of halogens is 2. The molecule has 2 aromatic carbocycles. The Bertz CT molecular complexity index is 828. The van der Waals surface area contributed by atoms with E-state index in [1.807, 2.05) is 6.07 Å². The molecule has 0 atom stereocenters. The number of anilines is 2. The molecule has 0 amide bonds. The number of rotatable bonds is 3. The molecular formula is C13H9Cl2N3O2S. The highest BCUT2D eigenvalue weighted by Gasteiger charge is 2.20. The number of hydrogen-bond acceptors (Lipinski definition) is 4. The third-order valence-electron chi connectivity index (χ3n) is 2.65. The number of sulfonamides is 1. The minimum atomic E-state index is -3.91. The predicted octanol–water partition coefficient (Wildman–Crippen LogP) is 3.25. The van der Waals surface area contributed by atoms with Crippen molar-refractivity contribution >= 4 is 44.6 Å². The minimum absolute atomic E-state index is 0.000960. The fourth-order valence-electron chi connectivity index (χ4n) is 1.58. The Balaban J connectivity index is 2.39. The van der Waals surface area contributed by atoms with Crippen molar-refractivity contribution in [3.63, 3.8) is 0 Å². The van der Waals surface area contributed by atoms with Gasteiger partial charge in [0.1, 0.15) is 4.90 Å². The maximum Gasteiger partial charge on any atom is 0.263 e. The van der Waals surface area contributed by atoms with E-state index in [0.29, 0.717) is 11.3 Å². The van der Waals surface area contributed by atoms with Crippen LogP contribution in [0.5, 0.6) is 0 Å². The molecule has 0 bridgehead atoms. The van der Waals surface area contributed by atoms with Gasteiger partial charge in [-0.1, -0.05) is 23.2 Å². The molecule has 0 saturated carbocycles. The molecule has 8 heteroatoms. The second kappa shape index (κ2) is 5.82. The van der Waals surface area contributed by atoms with Gasteiger partial charge >= 0.3 is 0 Å². The number of nitriles is 1. The Morgan fingerprint density at radius 2 is 1.71 bits per heavy atom. The van der Waals surface area contributed by atoms with Crippen LogP contribution in [-0.4, -0.2) is 8.42 Å². The fourth-order valence-corrected chi connectivity index (χ4v) is 3.40. The molecule has 0 heterocycles. The van der Waals surface area contributed by atoms with E-state index in [4.69, 9.17) is 34.2 Å². The van der Waals surface area contributed by atoms with Crippen molar-refractivity contribution in [3.8, 4) is 6.07 Å². The van der Waals surface area contributed by atoms with Crippen molar-refractivity contribution in [2.24, 2.45) is 0 Å². The summed E-state index contributed by atoms with van der Waals surface area (Å²) in [5.41, 5.74) is 6.35. The average Bonchev–Trinajstić information content (AvgIpc) is 2.45. The Labute approximate surface area is 132 Å². The molecule has 108 valence electrons. The van der Waals surface area contributed by atoms with Crippen molar-refractivity contribution in [1.29, 1.82) is 5.26 Å².